The highest BCUT2D eigenvalue weighted by Crippen LogP contribution is 2.39. The maximum Gasteiger partial charge on any atom is 0.175 e. The minimum atomic E-state index is -3.20. The highest BCUT2D eigenvalue weighted by Gasteiger charge is 2.23. The van der Waals surface area contributed by atoms with E-state index < -0.39 is 9.84 Å². The maximum atomic E-state index is 11.6. The summed E-state index contributed by atoms with van der Waals surface area (Å²) in [5.74, 6) is 1.96. The molecule has 1 atom stereocenters. The molecule has 110 valence electrons. The van der Waals surface area contributed by atoms with E-state index in [1.807, 2.05) is 23.9 Å². The van der Waals surface area contributed by atoms with Crippen LogP contribution in [0.4, 0.5) is 0 Å². The van der Waals surface area contributed by atoms with Crippen LogP contribution in [0.25, 0.3) is 0 Å². The van der Waals surface area contributed by atoms with Crippen LogP contribution in [-0.4, -0.2) is 27.0 Å². The third-order valence-corrected chi connectivity index (χ3v) is 5.85. The summed E-state index contributed by atoms with van der Waals surface area (Å²) in [7, 11) is -3.20. The van der Waals surface area contributed by atoms with Gasteiger partial charge in [-0.05, 0) is 29.8 Å². The van der Waals surface area contributed by atoms with Gasteiger partial charge in [0.1, 0.15) is 5.75 Å². The lowest BCUT2D eigenvalue weighted by Gasteiger charge is -2.13. The number of hydrogen-bond acceptors (Lipinski definition) is 4. The minimum Gasteiger partial charge on any atom is -0.493 e. The standard InChI is InChI=1S/C16H16O3S2/c1-21(17,18)14-6-4-5-13(9-14)19-10-12-11-20-16-8-3-2-7-15(12)16/h2-9,12H,10-11H2,1H3. The first-order valence-corrected chi connectivity index (χ1v) is 9.56. The molecule has 0 fully saturated rings. The Morgan fingerprint density at radius 1 is 1.19 bits per heavy atom. The van der Waals surface area contributed by atoms with Crippen LogP contribution in [0.2, 0.25) is 0 Å². The zero-order valence-electron chi connectivity index (χ0n) is 11.7. The lowest BCUT2D eigenvalue weighted by molar-refractivity contribution is 0.297. The van der Waals surface area contributed by atoms with Crippen LogP contribution in [0, 0.1) is 0 Å². The van der Waals surface area contributed by atoms with Gasteiger partial charge in [-0.3, -0.25) is 0 Å². The van der Waals surface area contributed by atoms with Gasteiger partial charge in [0.05, 0.1) is 11.5 Å². The third kappa shape index (κ3) is 3.24. The van der Waals surface area contributed by atoms with Crippen molar-refractivity contribution >= 4 is 21.6 Å². The van der Waals surface area contributed by atoms with Crippen LogP contribution in [-0.2, 0) is 9.84 Å². The second-order valence-corrected chi connectivity index (χ2v) is 8.18. The van der Waals surface area contributed by atoms with E-state index in [1.165, 1.54) is 16.7 Å². The van der Waals surface area contributed by atoms with Crippen LogP contribution in [0.1, 0.15) is 11.5 Å². The number of hydrogen-bond donors (Lipinski definition) is 0. The minimum absolute atomic E-state index is 0.293. The topological polar surface area (TPSA) is 43.4 Å². The summed E-state index contributed by atoms with van der Waals surface area (Å²) < 4.78 is 28.9. The van der Waals surface area contributed by atoms with E-state index in [4.69, 9.17) is 4.74 Å². The van der Waals surface area contributed by atoms with Crippen molar-refractivity contribution in [2.24, 2.45) is 0 Å². The van der Waals surface area contributed by atoms with Crippen molar-refractivity contribution < 1.29 is 13.2 Å². The number of rotatable bonds is 4. The lowest BCUT2D eigenvalue weighted by Crippen LogP contribution is -2.10. The van der Waals surface area contributed by atoms with Crippen LogP contribution < -0.4 is 4.74 Å². The quantitative estimate of drug-likeness (QED) is 0.866. The molecule has 1 heterocycles. The second-order valence-electron chi connectivity index (χ2n) is 5.10. The van der Waals surface area contributed by atoms with E-state index in [-0.39, 0.29) is 0 Å². The normalized spacial score (nSPS) is 17.5. The Kier molecular flexibility index (Phi) is 3.95. The van der Waals surface area contributed by atoms with Gasteiger partial charge >= 0.3 is 0 Å². The molecule has 3 rings (SSSR count). The van der Waals surface area contributed by atoms with Gasteiger partial charge in [0.2, 0.25) is 0 Å². The molecule has 0 radical (unpaired) electrons. The summed E-state index contributed by atoms with van der Waals surface area (Å²) in [5.41, 5.74) is 1.32. The summed E-state index contributed by atoms with van der Waals surface area (Å²) in [6.07, 6.45) is 1.20. The predicted molar refractivity (Wildman–Crippen MR) is 85.0 cm³/mol. The Hall–Kier alpha value is -1.46. The van der Waals surface area contributed by atoms with Gasteiger partial charge in [-0.2, -0.15) is 0 Å². The SMILES string of the molecule is CS(=O)(=O)c1cccc(OCC2CSc3ccccc32)c1. The molecule has 0 N–H and O–H groups in total. The van der Waals surface area contributed by atoms with E-state index in [2.05, 4.69) is 12.1 Å². The van der Waals surface area contributed by atoms with Gasteiger partial charge in [0, 0.05) is 22.8 Å². The fourth-order valence-corrected chi connectivity index (χ4v) is 4.25. The van der Waals surface area contributed by atoms with Crippen LogP contribution in [0.5, 0.6) is 5.75 Å². The van der Waals surface area contributed by atoms with E-state index in [0.717, 1.165) is 5.75 Å². The Balaban J connectivity index is 1.72. The van der Waals surface area contributed by atoms with E-state index in [0.29, 0.717) is 23.2 Å². The molecule has 0 saturated carbocycles. The summed E-state index contributed by atoms with van der Waals surface area (Å²) in [4.78, 5) is 1.61. The van der Waals surface area contributed by atoms with Crippen LogP contribution >= 0.6 is 11.8 Å². The van der Waals surface area contributed by atoms with Crippen LogP contribution in [0.15, 0.2) is 58.3 Å². The van der Waals surface area contributed by atoms with Gasteiger partial charge in [-0.15, -0.1) is 11.8 Å². The second kappa shape index (κ2) is 5.73. The first kappa shape index (κ1) is 14.5. The predicted octanol–water partition coefficient (Wildman–Crippen LogP) is 3.36. The van der Waals surface area contributed by atoms with Crippen molar-refractivity contribution in [2.45, 2.75) is 15.7 Å². The largest absolute Gasteiger partial charge is 0.493 e. The van der Waals surface area contributed by atoms with Gasteiger partial charge < -0.3 is 4.74 Å². The zero-order chi connectivity index (χ0) is 14.9. The molecule has 2 aromatic carbocycles. The van der Waals surface area contributed by atoms with Crippen molar-refractivity contribution in [3.8, 4) is 5.75 Å². The molecule has 0 amide bonds. The Morgan fingerprint density at radius 3 is 2.81 bits per heavy atom. The third-order valence-electron chi connectivity index (χ3n) is 3.48. The van der Waals surface area contributed by atoms with Crippen molar-refractivity contribution in [3.63, 3.8) is 0 Å². The average molecular weight is 320 g/mol. The molecule has 1 unspecified atom stereocenters. The molecule has 0 aliphatic carbocycles. The summed E-state index contributed by atoms with van der Waals surface area (Å²) in [5, 5.41) is 0. The van der Waals surface area contributed by atoms with Gasteiger partial charge in [0.25, 0.3) is 0 Å². The van der Waals surface area contributed by atoms with Crippen LogP contribution in [0.3, 0.4) is 0 Å². The molecule has 1 aliphatic rings. The highest BCUT2D eigenvalue weighted by atomic mass is 32.2. The number of fused-ring (bicyclic) bond motifs is 1. The summed E-state index contributed by atoms with van der Waals surface area (Å²) in [6, 6.07) is 15.0. The molecule has 0 bridgehead atoms. The van der Waals surface area contributed by atoms with Gasteiger partial charge in [0.15, 0.2) is 9.84 Å². The molecular formula is C16H16O3S2. The molecule has 0 saturated heterocycles. The number of benzene rings is 2. The monoisotopic (exact) mass is 320 g/mol. The Bertz CT molecular complexity index is 754. The fraction of sp³-hybridized carbons (Fsp3) is 0.250. The molecule has 5 heteroatoms. The smallest absolute Gasteiger partial charge is 0.175 e. The zero-order valence-corrected chi connectivity index (χ0v) is 13.3. The molecule has 2 aromatic rings. The van der Waals surface area contributed by atoms with E-state index >= 15 is 0 Å². The lowest BCUT2D eigenvalue weighted by atomic mass is 10.0. The van der Waals surface area contributed by atoms with Crippen molar-refractivity contribution in [1.29, 1.82) is 0 Å². The summed E-state index contributed by atoms with van der Waals surface area (Å²) >= 11 is 1.84. The van der Waals surface area contributed by atoms with Gasteiger partial charge in [-0.1, -0.05) is 24.3 Å². The van der Waals surface area contributed by atoms with Gasteiger partial charge in [-0.25, -0.2) is 8.42 Å². The van der Waals surface area contributed by atoms with E-state index in [9.17, 15) is 8.42 Å². The Labute approximate surface area is 129 Å². The van der Waals surface area contributed by atoms with E-state index in [1.54, 1.807) is 24.3 Å². The van der Waals surface area contributed by atoms with Crippen molar-refractivity contribution in [1.82, 2.24) is 0 Å². The number of sulfone groups is 1. The first-order chi connectivity index (χ1) is 10.0. The number of ether oxygens (including phenoxy) is 1. The highest BCUT2D eigenvalue weighted by molar-refractivity contribution is 7.99. The molecule has 1 aliphatic heterocycles. The fourth-order valence-electron chi connectivity index (χ4n) is 2.36. The first-order valence-electron chi connectivity index (χ1n) is 6.69. The van der Waals surface area contributed by atoms with Crippen molar-refractivity contribution in [3.05, 3.63) is 54.1 Å². The Morgan fingerprint density at radius 2 is 2.00 bits per heavy atom. The average Bonchev–Trinajstić information content (AvgIpc) is 2.88. The molecule has 3 nitrogen and oxygen atoms in total. The maximum absolute atomic E-state index is 11.6. The number of thioether (sulfide) groups is 1. The molecule has 21 heavy (non-hydrogen) atoms. The molecule has 0 aromatic heterocycles. The molecular weight excluding hydrogens is 304 g/mol. The molecule has 0 spiro atoms. The van der Waals surface area contributed by atoms with Crippen molar-refractivity contribution in [2.75, 3.05) is 18.6 Å². The summed E-state index contributed by atoms with van der Waals surface area (Å²) in [6.45, 7) is 0.567.